The second kappa shape index (κ2) is 4.79. The predicted molar refractivity (Wildman–Crippen MR) is 66.5 cm³/mol. The van der Waals surface area contributed by atoms with Gasteiger partial charge in [0.25, 0.3) is 5.91 Å². The van der Waals surface area contributed by atoms with Crippen molar-refractivity contribution in [1.82, 2.24) is 5.32 Å². The molecule has 0 atom stereocenters. The van der Waals surface area contributed by atoms with E-state index in [0.29, 0.717) is 0 Å². The molecule has 0 bridgehead atoms. The minimum atomic E-state index is -0.223. The van der Waals surface area contributed by atoms with Crippen molar-refractivity contribution in [3.63, 3.8) is 0 Å². The van der Waals surface area contributed by atoms with Gasteiger partial charge < -0.3 is 5.32 Å². The second-order valence-electron chi connectivity index (χ2n) is 4.29. The average molecular weight is 270 g/mol. The zero-order chi connectivity index (χ0) is 11.5. The predicted octanol–water partition coefficient (Wildman–Crippen LogP) is 2.90. The highest BCUT2D eigenvalue weighted by atomic mass is 79.9. The largest absolute Gasteiger partial charge is 0.346 e. The average Bonchev–Trinajstić information content (AvgIpc) is 2.17. The smallest absolute Gasteiger partial charge is 0.251 e. The third-order valence-electron chi connectivity index (χ3n) is 2.18. The maximum atomic E-state index is 11.9. The van der Waals surface area contributed by atoms with Crippen LogP contribution in [0.15, 0.2) is 24.3 Å². The van der Waals surface area contributed by atoms with Crippen molar-refractivity contribution in [2.24, 2.45) is 0 Å². The molecule has 1 aromatic rings. The fourth-order valence-corrected chi connectivity index (χ4v) is 1.38. The SMILES string of the molecule is Cc1ccccc1C(=O)NC(C)(C)CBr. The van der Waals surface area contributed by atoms with Crippen LogP contribution in [0.5, 0.6) is 0 Å². The van der Waals surface area contributed by atoms with Crippen molar-refractivity contribution < 1.29 is 4.79 Å². The van der Waals surface area contributed by atoms with Gasteiger partial charge in [-0.2, -0.15) is 0 Å². The van der Waals surface area contributed by atoms with Crippen molar-refractivity contribution in [2.75, 3.05) is 5.33 Å². The molecular formula is C12H16BrNO. The summed E-state index contributed by atoms with van der Waals surface area (Å²) in [4.78, 5) is 11.9. The molecule has 0 heterocycles. The van der Waals surface area contributed by atoms with Gasteiger partial charge in [-0.3, -0.25) is 4.79 Å². The Bertz CT molecular complexity index is 360. The molecule has 0 aromatic heterocycles. The van der Waals surface area contributed by atoms with E-state index in [2.05, 4.69) is 21.2 Å². The number of aryl methyl sites for hydroxylation is 1. The number of halogens is 1. The van der Waals surface area contributed by atoms with Crippen LogP contribution in [0.2, 0.25) is 0 Å². The summed E-state index contributed by atoms with van der Waals surface area (Å²) in [5.74, 6) is -0.0162. The standard InChI is InChI=1S/C12H16BrNO/c1-9-6-4-5-7-10(9)11(15)14-12(2,3)8-13/h4-7H,8H2,1-3H3,(H,14,15). The number of hydrogen-bond acceptors (Lipinski definition) is 1. The van der Waals surface area contributed by atoms with Crippen LogP contribution < -0.4 is 5.32 Å². The molecule has 0 saturated carbocycles. The Morgan fingerprint density at radius 3 is 2.53 bits per heavy atom. The maximum absolute atomic E-state index is 11.9. The van der Waals surface area contributed by atoms with Crippen LogP contribution in [0.25, 0.3) is 0 Å². The number of rotatable bonds is 3. The molecule has 0 unspecified atom stereocenters. The molecule has 1 N–H and O–H groups in total. The molecule has 0 aliphatic heterocycles. The lowest BCUT2D eigenvalue weighted by Gasteiger charge is -2.23. The van der Waals surface area contributed by atoms with E-state index in [1.165, 1.54) is 0 Å². The van der Waals surface area contributed by atoms with Crippen LogP contribution >= 0.6 is 15.9 Å². The maximum Gasteiger partial charge on any atom is 0.251 e. The van der Waals surface area contributed by atoms with Gasteiger partial charge in [-0.25, -0.2) is 0 Å². The van der Waals surface area contributed by atoms with Crippen molar-refractivity contribution >= 4 is 21.8 Å². The third kappa shape index (κ3) is 3.34. The lowest BCUT2D eigenvalue weighted by Crippen LogP contribution is -2.44. The molecule has 15 heavy (non-hydrogen) atoms. The summed E-state index contributed by atoms with van der Waals surface area (Å²) >= 11 is 3.38. The minimum Gasteiger partial charge on any atom is -0.346 e. The molecule has 0 aliphatic carbocycles. The monoisotopic (exact) mass is 269 g/mol. The van der Waals surface area contributed by atoms with Gasteiger partial charge in [-0.15, -0.1) is 0 Å². The first-order valence-electron chi connectivity index (χ1n) is 4.90. The van der Waals surface area contributed by atoms with Crippen molar-refractivity contribution in [2.45, 2.75) is 26.3 Å². The summed E-state index contributed by atoms with van der Waals surface area (Å²) < 4.78 is 0. The highest BCUT2D eigenvalue weighted by Gasteiger charge is 2.20. The summed E-state index contributed by atoms with van der Waals surface area (Å²) in [6.07, 6.45) is 0. The highest BCUT2D eigenvalue weighted by molar-refractivity contribution is 9.09. The number of hydrogen-bond donors (Lipinski definition) is 1. The summed E-state index contributed by atoms with van der Waals surface area (Å²) in [5.41, 5.74) is 1.52. The lowest BCUT2D eigenvalue weighted by molar-refractivity contribution is 0.0920. The normalized spacial score (nSPS) is 11.2. The van der Waals surface area contributed by atoms with Gasteiger partial charge in [-0.1, -0.05) is 34.1 Å². The van der Waals surface area contributed by atoms with Gasteiger partial charge in [0.1, 0.15) is 0 Å². The number of carbonyl (C=O) groups excluding carboxylic acids is 1. The fourth-order valence-electron chi connectivity index (χ4n) is 1.24. The van der Waals surface area contributed by atoms with Crippen molar-refractivity contribution in [1.29, 1.82) is 0 Å². The van der Waals surface area contributed by atoms with Crippen LogP contribution in [-0.4, -0.2) is 16.8 Å². The Hall–Kier alpha value is -0.830. The number of amides is 1. The van der Waals surface area contributed by atoms with Crippen LogP contribution in [-0.2, 0) is 0 Å². The summed E-state index contributed by atoms with van der Waals surface area (Å²) in [6, 6.07) is 7.59. The van der Waals surface area contributed by atoms with E-state index in [1.54, 1.807) is 0 Å². The Kier molecular flexibility index (Phi) is 3.91. The van der Waals surface area contributed by atoms with Gasteiger partial charge in [0.05, 0.1) is 0 Å². The number of alkyl halides is 1. The molecular weight excluding hydrogens is 254 g/mol. The molecule has 1 aromatic carbocycles. The summed E-state index contributed by atoms with van der Waals surface area (Å²) in [5, 5.41) is 3.71. The Morgan fingerprint density at radius 2 is 2.00 bits per heavy atom. The first kappa shape index (κ1) is 12.2. The highest BCUT2D eigenvalue weighted by Crippen LogP contribution is 2.11. The van der Waals surface area contributed by atoms with E-state index >= 15 is 0 Å². The molecule has 1 amide bonds. The molecule has 0 fully saturated rings. The third-order valence-corrected chi connectivity index (χ3v) is 3.58. The Labute approximate surface area is 99.2 Å². The van der Waals surface area contributed by atoms with E-state index in [4.69, 9.17) is 0 Å². The Morgan fingerprint density at radius 1 is 1.40 bits per heavy atom. The summed E-state index contributed by atoms with van der Waals surface area (Å²) in [7, 11) is 0. The van der Waals surface area contributed by atoms with Crippen LogP contribution in [0.4, 0.5) is 0 Å². The molecule has 2 nitrogen and oxygen atoms in total. The van der Waals surface area contributed by atoms with Gasteiger partial charge in [0, 0.05) is 16.4 Å². The van der Waals surface area contributed by atoms with Crippen LogP contribution in [0.1, 0.15) is 29.8 Å². The molecule has 3 heteroatoms. The molecule has 0 radical (unpaired) electrons. The van der Waals surface area contributed by atoms with Crippen LogP contribution in [0.3, 0.4) is 0 Å². The zero-order valence-electron chi connectivity index (χ0n) is 9.30. The van der Waals surface area contributed by atoms with E-state index in [1.807, 2.05) is 45.0 Å². The zero-order valence-corrected chi connectivity index (χ0v) is 10.9. The topological polar surface area (TPSA) is 29.1 Å². The summed E-state index contributed by atoms with van der Waals surface area (Å²) in [6.45, 7) is 5.91. The number of carbonyl (C=O) groups is 1. The number of benzene rings is 1. The van der Waals surface area contributed by atoms with Crippen molar-refractivity contribution in [3.05, 3.63) is 35.4 Å². The quantitative estimate of drug-likeness (QED) is 0.841. The van der Waals surface area contributed by atoms with E-state index < -0.39 is 0 Å². The molecule has 82 valence electrons. The second-order valence-corrected chi connectivity index (χ2v) is 4.85. The van der Waals surface area contributed by atoms with Crippen molar-refractivity contribution in [3.8, 4) is 0 Å². The molecule has 0 aliphatic rings. The first-order chi connectivity index (χ1) is 6.96. The van der Waals surface area contributed by atoms with E-state index in [9.17, 15) is 4.79 Å². The van der Waals surface area contributed by atoms with Gasteiger partial charge in [-0.05, 0) is 32.4 Å². The number of nitrogens with one attached hydrogen (secondary N) is 1. The minimum absolute atomic E-state index is 0.0162. The van der Waals surface area contributed by atoms with Gasteiger partial charge in [0.2, 0.25) is 0 Å². The Balaban J connectivity index is 2.83. The van der Waals surface area contributed by atoms with Gasteiger partial charge >= 0.3 is 0 Å². The lowest BCUT2D eigenvalue weighted by atomic mass is 10.1. The first-order valence-corrected chi connectivity index (χ1v) is 6.02. The molecule has 1 rings (SSSR count). The molecule has 0 saturated heterocycles. The fraction of sp³-hybridized carbons (Fsp3) is 0.417. The van der Waals surface area contributed by atoms with Gasteiger partial charge in [0.15, 0.2) is 0 Å². The van der Waals surface area contributed by atoms with E-state index in [0.717, 1.165) is 16.5 Å². The van der Waals surface area contributed by atoms with Crippen LogP contribution in [0, 0.1) is 6.92 Å². The van der Waals surface area contributed by atoms with E-state index in [-0.39, 0.29) is 11.4 Å². The molecule has 0 spiro atoms.